The van der Waals surface area contributed by atoms with E-state index in [0.717, 1.165) is 12.1 Å². The molecular weight excluding hydrogens is 284 g/mol. The van der Waals surface area contributed by atoms with Gasteiger partial charge in [-0.1, -0.05) is 24.3 Å². The van der Waals surface area contributed by atoms with Gasteiger partial charge in [0.15, 0.2) is 0 Å². The lowest BCUT2D eigenvalue weighted by atomic mass is 9.97. The highest BCUT2D eigenvalue weighted by atomic mass is 32.1. The van der Waals surface area contributed by atoms with Crippen LogP contribution >= 0.6 is 11.3 Å². The summed E-state index contributed by atoms with van der Waals surface area (Å²) in [6, 6.07) is 8.31. The molecule has 21 heavy (non-hydrogen) atoms. The molecule has 0 unspecified atom stereocenters. The zero-order valence-corrected chi connectivity index (χ0v) is 13.0. The Kier molecular flexibility index (Phi) is 4.03. The highest BCUT2D eigenvalue weighted by Crippen LogP contribution is 2.28. The molecule has 2 heterocycles. The number of carbonyl (C=O) groups is 1. The van der Waals surface area contributed by atoms with Crippen LogP contribution < -0.4 is 0 Å². The van der Waals surface area contributed by atoms with Gasteiger partial charge in [-0.05, 0) is 24.5 Å². The Hall–Kier alpha value is -1.72. The van der Waals surface area contributed by atoms with Crippen LogP contribution in [0.1, 0.15) is 32.6 Å². The lowest BCUT2D eigenvalue weighted by Crippen LogP contribution is -2.33. The van der Waals surface area contributed by atoms with E-state index in [1.165, 1.54) is 22.5 Å². The van der Waals surface area contributed by atoms with Crippen molar-refractivity contribution < 1.29 is 9.53 Å². The quantitative estimate of drug-likeness (QED) is 0.875. The zero-order valence-electron chi connectivity index (χ0n) is 12.2. The third-order valence-corrected chi connectivity index (χ3v) is 4.74. The van der Waals surface area contributed by atoms with Gasteiger partial charge in [0.2, 0.25) is 0 Å². The van der Waals surface area contributed by atoms with Gasteiger partial charge < -0.3 is 9.64 Å². The van der Waals surface area contributed by atoms with Gasteiger partial charge in [0.1, 0.15) is 11.0 Å². The molecule has 0 radical (unpaired) electrons. The van der Waals surface area contributed by atoms with Crippen LogP contribution in [-0.2, 0) is 11.2 Å². The Morgan fingerprint density at radius 1 is 1.48 bits per heavy atom. The summed E-state index contributed by atoms with van der Waals surface area (Å²) < 4.78 is 5.87. The molecule has 1 aromatic carbocycles. The third kappa shape index (κ3) is 2.84. The van der Waals surface area contributed by atoms with E-state index in [0.29, 0.717) is 18.0 Å². The SMILES string of the molecule is Cc1ncsc1C(=O)N(C)C[C@H]1OCCc2ccccc21. The van der Waals surface area contributed by atoms with Crippen LogP contribution in [0.15, 0.2) is 29.8 Å². The number of rotatable bonds is 3. The molecule has 0 N–H and O–H groups in total. The van der Waals surface area contributed by atoms with E-state index in [4.69, 9.17) is 4.74 Å². The molecule has 0 aliphatic carbocycles. The molecule has 3 rings (SSSR count). The summed E-state index contributed by atoms with van der Waals surface area (Å²) in [4.78, 5) is 19.0. The van der Waals surface area contributed by atoms with Gasteiger partial charge in [-0.15, -0.1) is 11.3 Å². The van der Waals surface area contributed by atoms with Crippen molar-refractivity contribution in [1.82, 2.24) is 9.88 Å². The Balaban J connectivity index is 1.75. The number of benzene rings is 1. The second kappa shape index (κ2) is 5.95. The number of carbonyl (C=O) groups excluding carboxylic acids is 1. The number of nitrogens with zero attached hydrogens (tertiary/aromatic N) is 2. The van der Waals surface area contributed by atoms with Gasteiger partial charge in [0, 0.05) is 7.05 Å². The van der Waals surface area contributed by atoms with Gasteiger partial charge in [-0.3, -0.25) is 4.79 Å². The maximum atomic E-state index is 12.5. The topological polar surface area (TPSA) is 42.4 Å². The van der Waals surface area contributed by atoms with Crippen LogP contribution in [0.25, 0.3) is 0 Å². The van der Waals surface area contributed by atoms with Crippen LogP contribution in [0.3, 0.4) is 0 Å². The van der Waals surface area contributed by atoms with E-state index < -0.39 is 0 Å². The number of hydrogen-bond donors (Lipinski definition) is 0. The van der Waals surface area contributed by atoms with Crippen LogP contribution in [0.5, 0.6) is 0 Å². The standard InChI is InChI=1S/C16H18N2O2S/c1-11-15(21-10-17-11)16(19)18(2)9-14-13-6-4-3-5-12(13)7-8-20-14/h3-6,10,14H,7-9H2,1-2H3/t14-/m1/s1. The van der Waals surface area contributed by atoms with E-state index in [1.54, 1.807) is 10.4 Å². The average Bonchev–Trinajstić information content (AvgIpc) is 2.93. The van der Waals surface area contributed by atoms with Crippen LogP contribution in [0.2, 0.25) is 0 Å². The molecule has 1 amide bonds. The number of fused-ring (bicyclic) bond motifs is 1. The van der Waals surface area contributed by atoms with E-state index in [1.807, 2.05) is 20.0 Å². The highest BCUT2D eigenvalue weighted by Gasteiger charge is 2.25. The molecule has 1 aliphatic rings. The van der Waals surface area contributed by atoms with Crippen molar-refractivity contribution in [2.75, 3.05) is 20.2 Å². The minimum absolute atomic E-state index is 0.0154. The summed E-state index contributed by atoms with van der Waals surface area (Å²) in [7, 11) is 1.82. The highest BCUT2D eigenvalue weighted by molar-refractivity contribution is 7.11. The fourth-order valence-corrected chi connectivity index (χ4v) is 3.44. The van der Waals surface area contributed by atoms with E-state index in [9.17, 15) is 4.79 Å². The number of thiazole rings is 1. The molecule has 1 atom stereocenters. The summed E-state index contributed by atoms with van der Waals surface area (Å²) in [5.74, 6) is 0.0154. The summed E-state index contributed by atoms with van der Waals surface area (Å²) in [5, 5.41) is 0. The van der Waals surface area contributed by atoms with Gasteiger partial charge in [0.25, 0.3) is 5.91 Å². The molecule has 0 bridgehead atoms. The van der Waals surface area contributed by atoms with Crippen molar-refractivity contribution in [2.24, 2.45) is 0 Å². The molecule has 0 spiro atoms. The van der Waals surface area contributed by atoms with E-state index >= 15 is 0 Å². The van der Waals surface area contributed by atoms with Crippen molar-refractivity contribution in [2.45, 2.75) is 19.4 Å². The summed E-state index contributed by atoms with van der Waals surface area (Å²) in [6.07, 6.45) is 0.898. The normalized spacial score (nSPS) is 17.3. The van der Waals surface area contributed by atoms with Crippen LogP contribution in [-0.4, -0.2) is 36.0 Å². The second-order valence-corrected chi connectivity index (χ2v) is 6.12. The molecule has 1 aromatic heterocycles. The molecule has 5 heteroatoms. The predicted octanol–water partition coefficient (Wildman–Crippen LogP) is 2.84. The Morgan fingerprint density at radius 3 is 3.05 bits per heavy atom. The summed E-state index contributed by atoms with van der Waals surface area (Å²) >= 11 is 1.39. The average molecular weight is 302 g/mol. The molecule has 4 nitrogen and oxygen atoms in total. The number of aryl methyl sites for hydroxylation is 1. The molecule has 1 aliphatic heterocycles. The number of ether oxygens (including phenoxy) is 1. The molecule has 110 valence electrons. The van der Waals surface area contributed by atoms with Crippen molar-refractivity contribution >= 4 is 17.2 Å². The lowest BCUT2D eigenvalue weighted by molar-refractivity contribution is 0.0201. The van der Waals surface area contributed by atoms with Gasteiger partial charge in [-0.25, -0.2) is 4.98 Å². The monoisotopic (exact) mass is 302 g/mol. The minimum Gasteiger partial charge on any atom is -0.371 e. The first kappa shape index (κ1) is 14.2. The van der Waals surface area contributed by atoms with Crippen molar-refractivity contribution in [3.05, 3.63) is 51.5 Å². The Labute approximate surface area is 128 Å². The molecule has 0 saturated carbocycles. The van der Waals surface area contributed by atoms with Crippen LogP contribution in [0.4, 0.5) is 0 Å². The van der Waals surface area contributed by atoms with E-state index in [2.05, 4.69) is 23.2 Å². The van der Waals surface area contributed by atoms with Crippen molar-refractivity contribution in [3.8, 4) is 0 Å². The summed E-state index contributed by atoms with van der Waals surface area (Å²) in [5.41, 5.74) is 5.03. The smallest absolute Gasteiger partial charge is 0.265 e. The van der Waals surface area contributed by atoms with Gasteiger partial charge in [0.05, 0.1) is 24.4 Å². The predicted molar refractivity (Wildman–Crippen MR) is 82.7 cm³/mol. The fourth-order valence-electron chi connectivity index (χ4n) is 2.64. The van der Waals surface area contributed by atoms with Crippen molar-refractivity contribution in [1.29, 1.82) is 0 Å². The van der Waals surface area contributed by atoms with Crippen molar-refractivity contribution in [3.63, 3.8) is 0 Å². The number of likely N-dealkylation sites (N-methyl/N-ethyl adjacent to an activating group) is 1. The largest absolute Gasteiger partial charge is 0.371 e. The second-order valence-electron chi connectivity index (χ2n) is 5.26. The number of aromatic nitrogens is 1. The zero-order chi connectivity index (χ0) is 14.8. The Bertz CT molecular complexity index is 653. The maximum Gasteiger partial charge on any atom is 0.265 e. The first-order valence-electron chi connectivity index (χ1n) is 7.02. The van der Waals surface area contributed by atoms with Gasteiger partial charge in [-0.2, -0.15) is 0 Å². The molecular formula is C16H18N2O2S. The van der Waals surface area contributed by atoms with Crippen LogP contribution in [0, 0.1) is 6.92 Å². The number of amides is 1. The first-order valence-corrected chi connectivity index (χ1v) is 7.89. The van der Waals surface area contributed by atoms with E-state index in [-0.39, 0.29) is 12.0 Å². The number of hydrogen-bond acceptors (Lipinski definition) is 4. The maximum absolute atomic E-state index is 12.5. The van der Waals surface area contributed by atoms with Gasteiger partial charge >= 0.3 is 0 Å². The molecule has 0 saturated heterocycles. The molecule has 0 fully saturated rings. The Morgan fingerprint density at radius 2 is 2.29 bits per heavy atom. The minimum atomic E-state index is -0.0443. The third-order valence-electron chi connectivity index (χ3n) is 3.82. The lowest BCUT2D eigenvalue weighted by Gasteiger charge is -2.29. The fraction of sp³-hybridized carbons (Fsp3) is 0.375. The molecule has 2 aromatic rings. The summed E-state index contributed by atoms with van der Waals surface area (Å²) in [6.45, 7) is 3.14. The first-order chi connectivity index (χ1) is 10.2.